The second-order valence-electron chi connectivity index (χ2n) is 7.15. The lowest BCUT2D eigenvalue weighted by Crippen LogP contribution is -2.29. The maximum Gasteiger partial charge on any atom is 0.248 e. The molecule has 0 bridgehead atoms. The molecule has 2 aromatic carbocycles. The average molecular weight is 465 g/mol. The number of ether oxygens (including phenoxy) is 2. The highest BCUT2D eigenvalue weighted by Crippen LogP contribution is 2.42. The van der Waals surface area contributed by atoms with E-state index >= 15 is 0 Å². The molecule has 0 saturated carbocycles. The first-order valence-electron chi connectivity index (χ1n) is 10.6. The van der Waals surface area contributed by atoms with Gasteiger partial charge in [0.2, 0.25) is 11.8 Å². The van der Waals surface area contributed by atoms with Gasteiger partial charge in [0, 0.05) is 24.0 Å². The van der Waals surface area contributed by atoms with Gasteiger partial charge in [0.25, 0.3) is 0 Å². The molecule has 1 aliphatic rings. The summed E-state index contributed by atoms with van der Waals surface area (Å²) in [5.41, 5.74) is 1.51. The fourth-order valence-corrected chi connectivity index (χ4v) is 4.51. The molecule has 0 unspecified atom stereocenters. The Hall–Kier alpha value is -3.59. The highest BCUT2D eigenvalue weighted by atomic mass is 32.2. The SMILES string of the molecule is CCC(=O)N1N=C(c2ccc(OC)c(OC)c2)Sc2c1nc(-c1ccccc1)n2C(=O)CC. The molecule has 8 nitrogen and oxygen atoms in total. The number of carbonyl (C=O) groups is 2. The molecule has 1 aliphatic heterocycles. The summed E-state index contributed by atoms with van der Waals surface area (Å²) in [6, 6.07) is 14.9. The maximum absolute atomic E-state index is 13.0. The molecule has 4 rings (SSSR count). The molecular weight excluding hydrogens is 440 g/mol. The minimum Gasteiger partial charge on any atom is -0.493 e. The van der Waals surface area contributed by atoms with Gasteiger partial charge >= 0.3 is 0 Å². The molecule has 0 fully saturated rings. The third-order valence-electron chi connectivity index (χ3n) is 5.16. The highest BCUT2D eigenvalue weighted by molar-refractivity contribution is 8.14. The van der Waals surface area contributed by atoms with E-state index in [4.69, 9.17) is 14.5 Å². The number of fused-ring (bicyclic) bond motifs is 1. The molecule has 2 heterocycles. The van der Waals surface area contributed by atoms with Gasteiger partial charge in [0.1, 0.15) is 15.9 Å². The second kappa shape index (κ2) is 9.50. The summed E-state index contributed by atoms with van der Waals surface area (Å²) >= 11 is 1.30. The Morgan fingerprint density at radius 2 is 1.61 bits per heavy atom. The van der Waals surface area contributed by atoms with Crippen molar-refractivity contribution in [3.8, 4) is 22.9 Å². The van der Waals surface area contributed by atoms with E-state index in [2.05, 4.69) is 5.10 Å². The summed E-state index contributed by atoms with van der Waals surface area (Å²) in [5, 5.41) is 7.01. The predicted octanol–water partition coefficient (Wildman–Crippen LogP) is 4.83. The Morgan fingerprint density at radius 3 is 2.24 bits per heavy atom. The van der Waals surface area contributed by atoms with Crippen LogP contribution >= 0.6 is 11.8 Å². The lowest BCUT2D eigenvalue weighted by atomic mass is 10.2. The number of carbonyl (C=O) groups excluding carboxylic acids is 2. The van der Waals surface area contributed by atoms with Crippen LogP contribution in [0, 0.1) is 0 Å². The molecule has 170 valence electrons. The highest BCUT2D eigenvalue weighted by Gasteiger charge is 2.34. The first-order chi connectivity index (χ1) is 16.0. The zero-order valence-electron chi connectivity index (χ0n) is 18.9. The number of hydrogen-bond donors (Lipinski definition) is 0. The van der Waals surface area contributed by atoms with Crippen LogP contribution in [-0.2, 0) is 4.79 Å². The molecule has 1 amide bonds. The maximum atomic E-state index is 13.0. The van der Waals surface area contributed by atoms with Crippen molar-refractivity contribution in [3.63, 3.8) is 0 Å². The largest absolute Gasteiger partial charge is 0.493 e. The van der Waals surface area contributed by atoms with Crippen LogP contribution in [0.5, 0.6) is 11.5 Å². The van der Waals surface area contributed by atoms with Gasteiger partial charge in [-0.05, 0) is 30.0 Å². The van der Waals surface area contributed by atoms with Crippen molar-refractivity contribution in [2.45, 2.75) is 31.7 Å². The summed E-state index contributed by atoms with van der Waals surface area (Å²) in [7, 11) is 3.13. The van der Waals surface area contributed by atoms with Crippen molar-refractivity contribution in [1.29, 1.82) is 0 Å². The third kappa shape index (κ3) is 4.11. The van der Waals surface area contributed by atoms with Crippen molar-refractivity contribution in [1.82, 2.24) is 9.55 Å². The number of nitrogens with zero attached hydrogens (tertiary/aromatic N) is 4. The third-order valence-corrected chi connectivity index (χ3v) is 6.22. The monoisotopic (exact) mass is 464 g/mol. The van der Waals surface area contributed by atoms with Crippen LogP contribution < -0.4 is 14.5 Å². The van der Waals surface area contributed by atoms with Crippen LogP contribution in [0.3, 0.4) is 0 Å². The van der Waals surface area contributed by atoms with Gasteiger partial charge in [-0.3, -0.25) is 14.2 Å². The number of rotatable bonds is 6. The van der Waals surface area contributed by atoms with Crippen LogP contribution in [-0.4, -0.2) is 40.6 Å². The zero-order chi connectivity index (χ0) is 23.5. The number of hydrazone groups is 1. The van der Waals surface area contributed by atoms with Gasteiger partial charge in [0.15, 0.2) is 17.3 Å². The number of methoxy groups -OCH3 is 2. The number of anilines is 1. The van der Waals surface area contributed by atoms with Gasteiger partial charge < -0.3 is 9.47 Å². The fourth-order valence-electron chi connectivity index (χ4n) is 3.45. The summed E-state index contributed by atoms with van der Waals surface area (Å²) in [5.74, 6) is 1.63. The van der Waals surface area contributed by atoms with Crippen LogP contribution in [0.15, 0.2) is 58.7 Å². The van der Waals surface area contributed by atoms with Gasteiger partial charge in [0.05, 0.1) is 14.2 Å². The molecule has 9 heteroatoms. The summed E-state index contributed by atoms with van der Waals surface area (Å²) < 4.78 is 12.4. The van der Waals surface area contributed by atoms with E-state index in [1.54, 1.807) is 44.8 Å². The molecule has 0 atom stereocenters. The number of imidazole rings is 1. The minimum atomic E-state index is -0.220. The van der Waals surface area contributed by atoms with E-state index in [1.165, 1.54) is 16.8 Å². The lowest BCUT2D eigenvalue weighted by molar-refractivity contribution is -0.118. The summed E-state index contributed by atoms with van der Waals surface area (Å²) in [4.78, 5) is 30.6. The molecule has 0 spiro atoms. The van der Waals surface area contributed by atoms with Gasteiger partial charge in [-0.1, -0.05) is 44.2 Å². The molecule has 0 aliphatic carbocycles. The van der Waals surface area contributed by atoms with Crippen molar-refractivity contribution >= 4 is 34.4 Å². The second-order valence-corrected chi connectivity index (χ2v) is 8.13. The fraction of sp³-hybridized carbons (Fsp3) is 0.250. The molecule has 0 N–H and O–H groups in total. The van der Waals surface area contributed by atoms with Gasteiger partial charge in [-0.25, -0.2) is 4.98 Å². The first-order valence-corrected chi connectivity index (χ1v) is 11.4. The van der Waals surface area contributed by atoms with Crippen LogP contribution in [0.2, 0.25) is 0 Å². The summed E-state index contributed by atoms with van der Waals surface area (Å²) in [6.45, 7) is 3.57. The number of hydrogen-bond acceptors (Lipinski definition) is 7. The predicted molar refractivity (Wildman–Crippen MR) is 128 cm³/mol. The molecule has 3 aromatic rings. The van der Waals surface area contributed by atoms with Gasteiger partial charge in [-0.15, -0.1) is 0 Å². The number of benzene rings is 2. The van der Waals surface area contributed by atoms with Crippen molar-refractivity contribution < 1.29 is 19.1 Å². The first kappa shape index (κ1) is 22.6. The van der Waals surface area contributed by atoms with Crippen LogP contribution in [0.1, 0.15) is 37.0 Å². The standard InChI is InChI=1S/C24H24N4O4S/c1-5-19(29)27-21(15-10-8-7-9-11-15)25-22-24(27)33-23(26-28(22)20(30)6-2)16-12-13-17(31-3)18(14-16)32-4/h7-14H,5-6H2,1-4H3. The Balaban J connectivity index is 1.90. The smallest absolute Gasteiger partial charge is 0.248 e. The molecule has 1 aromatic heterocycles. The Kier molecular flexibility index (Phi) is 6.50. The average Bonchev–Trinajstić information content (AvgIpc) is 3.26. The Labute approximate surface area is 196 Å². The quantitative estimate of drug-likeness (QED) is 0.520. The van der Waals surface area contributed by atoms with E-state index < -0.39 is 0 Å². The van der Waals surface area contributed by atoms with Crippen molar-refractivity contribution in [2.24, 2.45) is 5.10 Å². The molecule has 0 saturated heterocycles. The normalized spacial score (nSPS) is 12.7. The number of thioether (sulfide) groups is 1. The minimum absolute atomic E-state index is 0.118. The zero-order valence-corrected chi connectivity index (χ0v) is 19.7. The van der Waals surface area contributed by atoms with Crippen LogP contribution in [0.4, 0.5) is 5.82 Å². The summed E-state index contributed by atoms with van der Waals surface area (Å²) in [6.07, 6.45) is 0.524. The van der Waals surface area contributed by atoms with E-state index in [-0.39, 0.29) is 24.7 Å². The van der Waals surface area contributed by atoms with E-state index in [9.17, 15) is 9.59 Å². The van der Waals surface area contributed by atoms with Crippen molar-refractivity contribution in [3.05, 3.63) is 54.1 Å². The van der Waals surface area contributed by atoms with E-state index in [0.29, 0.717) is 33.2 Å². The van der Waals surface area contributed by atoms with E-state index in [0.717, 1.165) is 11.1 Å². The topological polar surface area (TPSA) is 86.0 Å². The van der Waals surface area contributed by atoms with Crippen LogP contribution in [0.25, 0.3) is 11.4 Å². The number of aromatic nitrogens is 2. The van der Waals surface area contributed by atoms with E-state index in [1.807, 2.05) is 36.4 Å². The van der Waals surface area contributed by atoms with Gasteiger partial charge in [-0.2, -0.15) is 10.1 Å². The molecule has 33 heavy (non-hydrogen) atoms. The van der Waals surface area contributed by atoms with Crippen molar-refractivity contribution in [2.75, 3.05) is 19.2 Å². The molecular formula is C24H24N4O4S. The Bertz CT molecular complexity index is 1240. The molecule has 0 radical (unpaired) electrons. The Morgan fingerprint density at radius 1 is 0.909 bits per heavy atom. The lowest BCUT2D eigenvalue weighted by Gasteiger charge is -2.23. The number of amides is 1.